The maximum Gasteiger partial charge on any atom is 0.155 e. The Kier molecular flexibility index (Phi) is 2.99. The second-order valence-corrected chi connectivity index (χ2v) is 10.2. The van der Waals surface area contributed by atoms with Crippen LogP contribution in [0.1, 0.15) is 78.6 Å². The molecule has 130 valence electrons. The average molecular weight is 325 g/mol. The molecule has 1 unspecified atom stereocenters. The van der Waals surface area contributed by atoms with E-state index in [1.807, 2.05) is 6.08 Å². The Labute approximate surface area is 147 Å². The number of rotatable bonds is 1. The van der Waals surface area contributed by atoms with Crippen LogP contribution in [0, 0.1) is 34.0 Å². The van der Waals surface area contributed by atoms with Crippen molar-refractivity contribution in [1.29, 1.82) is 0 Å². The lowest BCUT2D eigenvalue weighted by atomic mass is 9.49. The van der Waals surface area contributed by atoms with Crippen LogP contribution in [0.4, 0.5) is 0 Å². The van der Waals surface area contributed by atoms with Gasteiger partial charge in [-0.2, -0.15) is 0 Å². The molecule has 5 atom stereocenters. The number of carbonyl (C=O) groups is 1. The van der Waals surface area contributed by atoms with E-state index in [1.54, 1.807) is 5.57 Å². The molecule has 0 aliphatic heterocycles. The minimum absolute atomic E-state index is 0.205. The van der Waals surface area contributed by atoms with Crippen molar-refractivity contribution in [3.05, 3.63) is 23.3 Å². The molecule has 1 nitrogen and oxygen atoms in total. The lowest BCUT2D eigenvalue weighted by molar-refractivity contribution is -0.115. The molecule has 0 amide bonds. The van der Waals surface area contributed by atoms with Gasteiger partial charge in [-0.05, 0) is 86.0 Å². The first-order chi connectivity index (χ1) is 11.4. The van der Waals surface area contributed by atoms with Crippen molar-refractivity contribution in [3.63, 3.8) is 0 Å². The van der Waals surface area contributed by atoms with Gasteiger partial charge in [-0.15, -0.1) is 0 Å². The normalized spacial score (nSPS) is 50.5. The van der Waals surface area contributed by atoms with Gasteiger partial charge >= 0.3 is 0 Å². The molecule has 5 aliphatic rings. The summed E-state index contributed by atoms with van der Waals surface area (Å²) < 4.78 is 0. The first kappa shape index (κ1) is 15.4. The summed E-state index contributed by atoms with van der Waals surface area (Å²) in [5.41, 5.74) is 4.49. The van der Waals surface area contributed by atoms with Gasteiger partial charge in [0, 0.05) is 11.8 Å². The molecule has 3 saturated carbocycles. The zero-order valence-electron chi connectivity index (χ0n) is 15.7. The van der Waals surface area contributed by atoms with Crippen molar-refractivity contribution in [2.24, 2.45) is 34.0 Å². The second-order valence-electron chi connectivity index (χ2n) is 10.2. The minimum Gasteiger partial charge on any atom is -0.295 e. The molecule has 0 aromatic rings. The van der Waals surface area contributed by atoms with Crippen LogP contribution in [0.5, 0.6) is 0 Å². The van der Waals surface area contributed by atoms with E-state index >= 15 is 0 Å². The van der Waals surface area contributed by atoms with E-state index in [1.165, 1.54) is 44.1 Å². The summed E-state index contributed by atoms with van der Waals surface area (Å²) in [6.07, 6.45) is 16.1. The first-order valence-corrected chi connectivity index (χ1v) is 10.3. The predicted molar refractivity (Wildman–Crippen MR) is 97.5 cm³/mol. The van der Waals surface area contributed by atoms with Crippen molar-refractivity contribution in [1.82, 2.24) is 0 Å². The quantitative estimate of drug-likeness (QED) is 0.553. The van der Waals surface area contributed by atoms with E-state index in [2.05, 4.69) is 26.8 Å². The molecule has 1 heteroatoms. The Morgan fingerprint density at radius 2 is 1.75 bits per heavy atom. The van der Waals surface area contributed by atoms with Crippen molar-refractivity contribution in [2.75, 3.05) is 0 Å². The topological polar surface area (TPSA) is 17.1 Å². The number of fused-ring (bicyclic) bond motifs is 5. The second kappa shape index (κ2) is 4.65. The molecular formula is C23H32O. The monoisotopic (exact) mass is 324 g/mol. The van der Waals surface area contributed by atoms with Gasteiger partial charge < -0.3 is 0 Å². The summed E-state index contributed by atoms with van der Waals surface area (Å²) in [6.45, 7) is 7.70. The Morgan fingerprint density at radius 3 is 2.50 bits per heavy atom. The molecule has 0 spiro atoms. The van der Waals surface area contributed by atoms with E-state index in [4.69, 9.17) is 0 Å². The highest BCUT2D eigenvalue weighted by Gasteiger charge is 2.63. The van der Waals surface area contributed by atoms with Crippen LogP contribution < -0.4 is 0 Å². The van der Waals surface area contributed by atoms with E-state index in [0.29, 0.717) is 16.6 Å². The zero-order valence-corrected chi connectivity index (χ0v) is 15.7. The molecule has 0 aromatic carbocycles. The first-order valence-electron chi connectivity index (χ1n) is 10.3. The summed E-state index contributed by atoms with van der Waals surface area (Å²) in [4.78, 5) is 11.9. The fourth-order valence-electron chi connectivity index (χ4n) is 7.53. The highest BCUT2D eigenvalue weighted by molar-refractivity contribution is 5.92. The number of ketones is 1. The highest BCUT2D eigenvalue weighted by Crippen LogP contribution is 2.72. The lowest BCUT2D eigenvalue weighted by Gasteiger charge is -2.55. The van der Waals surface area contributed by atoms with Crippen LogP contribution in [0.3, 0.4) is 0 Å². The van der Waals surface area contributed by atoms with Crippen LogP contribution in [-0.4, -0.2) is 5.78 Å². The Hall–Kier alpha value is -0.850. The third-order valence-corrected chi connectivity index (χ3v) is 9.48. The summed E-state index contributed by atoms with van der Waals surface area (Å²) in [7, 11) is 0. The molecule has 0 bridgehead atoms. The van der Waals surface area contributed by atoms with E-state index < -0.39 is 0 Å². The van der Waals surface area contributed by atoms with Gasteiger partial charge in [0.05, 0.1) is 0 Å². The van der Waals surface area contributed by atoms with Gasteiger partial charge in [0.25, 0.3) is 0 Å². The van der Waals surface area contributed by atoms with Crippen molar-refractivity contribution >= 4 is 5.78 Å². The fraction of sp³-hybridized carbons (Fsp3) is 0.783. The molecule has 5 rings (SSSR count). The van der Waals surface area contributed by atoms with Gasteiger partial charge in [-0.3, -0.25) is 4.79 Å². The van der Waals surface area contributed by atoms with E-state index in [0.717, 1.165) is 37.0 Å². The van der Waals surface area contributed by atoms with Crippen molar-refractivity contribution < 1.29 is 4.79 Å². The largest absolute Gasteiger partial charge is 0.295 e. The molecule has 0 aromatic heterocycles. The standard InChI is InChI=1S/C23H32O/c1-21-11-8-17(24)14-16(21)6-7-18-19(21)9-13-23(3)20(18)10-12-22(23,2)15-4-5-15/h9,14-15,18,20H,4-8,10-13H2,1-3H3/t18?,20-,21-,22+,23-/m0/s1. The Balaban J connectivity index is 1.56. The maximum absolute atomic E-state index is 11.9. The molecule has 0 radical (unpaired) electrons. The fourth-order valence-corrected chi connectivity index (χ4v) is 7.53. The van der Waals surface area contributed by atoms with Crippen LogP contribution in [-0.2, 0) is 4.79 Å². The van der Waals surface area contributed by atoms with Gasteiger partial charge in [-0.25, -0.2) is 0 Å². The third-order valence-electron chi connectivity index (χ3n) is 9.48. The SMILES string of the molecule is C[C@]12CCC(=O)C=C1CCC1C2=CC[C@@]2(C)[C@H]1CC[C@]2(C)C1CC1. The summed E-state index contributed by atoms with van der Waals surface area (Å²) >= 11 is 0. The lowest BCUT2D eigenvalue weighted by Crippen LogP contribution is -2.47. The number of hydrogen-bond acceptors (Lipinski definition) is 1. The highest BCUT2D eigenvalue weighted by atomic mass is 16.1. The van der Waals surface area contributed by atoms with Crippen molar-refractivity contribution in [2.45, 2.75) is 78.6 Å². The summed E-state index contributed by atoms with van der Waals surface area (Å²) in [5.74, 6) is 3.05. The molecule has 5 aliphatic carbocycles. The zero-order chi connectivity index (χ0) is 16.7. The van der Waals surface area contributed by atoms with Gasteiger partial charge in [0.1, 0.15) is 0 Å². The average Bonchev–Trinajstić information content (AvgIpc) is 3.36. The smallest absolute Gasteiger partial charge is 0.155 e. The van der Waals surface area contributed by atoms with E-state index in [9.17, 15) is 4.79 Å². The molecule has 3 fully saturated rings. The summed E-state index contributed by atoms with van der Waals surface area (Å²) in [5, 5.41) is 0. The molecular weight excluding hydrogens is 292 g/mol. The number of carbonyl (C=O) groups excluding carboxylic acids is 1. The molecule has 0 saturated heterocycles. The third kappa shape index (κ3) is 1.75. The predicted octanol–water partition coefficient (Wildman–Crippen LogP) is 5.85. The number of hydrogen-bond donors (Lipinski definition) is 0. The Morgan fingerprint density at radius 1 is 0.958 bits per heavy atom. The molecule has 24 heavy (non-hydrogen) atoms. The molecule has 0 N–H and O–H groups in total. The maximum atomic E-state index is 11.9. The molecule has 0 heterocycles. The van der Waals surface area contributed by atoms with Gasteiger partial charge in [0.15, 0.2) is 5.78 Å². The van der Waals surface area contributed by atoms with Gasteiger partial charge in [-0.1, -0.05) is 38.0 Å². The summed E-state index contributed by atoms with van der Waals surface area (Å²) in [6, 6.07) is 0. The minimum atomic E-state index is 0.205. The Bertz CT molecular complexity index is 666. The number of allylic oxidation sites excluding steroid dienone is 4. The van der Waals surface area contributed by atoms with E-state index in [-0.39, 0.29) is 5.41 Å². The van der Waals surface area contributed by atoms with Crippen molar-refractivity contribution in [3.8, 4) is 0 Å². The van der Waals surface area contributed by atoms with Crippen LogP contribution in [0.15, 0.2) is 23.3 Å². The van der Waals surface area contributed by atoms with Crippen LogP contribution in [0.2, 0.25) is 0 Å². The van der Waals surface area contributed by atoms with Crippen LogP contribution in [0.25, 0.3) is 0 Å². The van der Waals surface area contributed by atoms with Crippen LogP contribution >= 0.6 is 0 Å². The van der Waals surface area contributed by atoms with Gasteiger partial charge in [0.2, 0.25) is 0 Å².